The molecule has 7 nitrogen and oxygen atoms in total. The molecule has 0 spiro atoms. The zero-order chi connectivity index (χ0) is 23.8. The lowest BCUT2D eigenvalue weighted by Crippen LogP contribution is -2.36. The van der Waals surface area contributed by atoms with E-state index in [2.05, 4.69) is 12.2 Å². The number of ether oxygens (including phenoxy) is 2. The van der Waals surface area contributed by atoms with E-state index in [0.717, 1.165) is 29.5 Å². The fourth-order valence-electron chi connectivity index (χ4n) is 2.99. The lowest BCUT2D eigenvalue weighted by molar-refractivity contribution is -0.127. The van der Waals surface area contributed by atoms with Crippen LogP contribution in [0, 0.1) is 5.82 Å². The molecule has 3 rings (SSSR count). The molecule has 1 aliphatic rings. The number of anilines is 1. The lowest BCUT2D eigenvalue weighted by atomic mass is 10.2. The monoisotopic (exact) mass is 472 g/mol. The predicted octanol–water partition coefficient (Wildman–Crippen LogP) is 5.08. The van der Waals surface area contributed by atoms with Crippen molar-refractivity contribution in [2.45, 2.75) is 26.7 Å². The Morgan fingerprint density at radius 3 is 2.55 bits per heavy atom. The number of thioether (sulfide) groups is 1. The number of nitrogens with zero attached hydrogens (tertiary/aromatic N) is 1. The molecular weight excluding hydrogens is 447 g/mol. The van der Waals surface area contributed by atoms with E-state index in [1.165, 1.54) is 24.3 Å². The van der Waals surface area contributed by atoms with Gasteiger partial charge in [-0.05, 0) is 73.1 Å². The molecule has 0 bridgehead atoms. The van der Waals surface area contributed by atoms with Gasteiger partial charge in [0.05, 0.1) is 18.1 Å². The maximum Gasteiger partial charge on any atom is 0.294 e. The molecule has 1 fully saturated rings. The maximum absolute atomic E-state index is 13.0. The van der Waals surface area contributed by atoms with Crippen molar-refractivity contribution in [3.63, 3.8) is 0 Å². The summed E-state index contributed by atoms with van der Waals surface area (Å²) in [4.78, 5) is 38.4. The Hall–Kier alpha value is -3.33. The summed E-state index contributed by atoms with van der Waals surface area (Å²) in [5, 5.41) is 2.00. The zero-order valence-electron chi connectivity index (χ0n) is 18.4. The second-order valence-electron chi connectivity index (χ2n) is 7.16. The molecule has 3 amide bonds. The van der Waals surface area contributed by atoms with Crippen LogP contribution in [0.15, 0.2) is 47.4 Å². The summed E-state index contributed by atoms with van der Waals surface area (Å²) in [6.07, 6.45) is 3.52. The Balaban J connectivity index is 1.69. The van der Waals surface area contributed by atoms with Gasteiger partial charge in [0.25, 0.3) is 11.1 Å². The normalized spacial score (nSPS) is 14.6. The molecule has 0 saturated carbocycles. The summed E-state index contributed by atoms with van der Waals surface area (Å²) in [6, 6.07) is 10.5. The number of nitrogens with one attached hydrogen (secondary N) is 1. The first-order valence-corrected chi connectivity index (χ1v) is 11.4. The van der Waals surface area contributed by atoms with Gasteiger partial charge >= 0.3 is 0 Å². The Labute approximate surface area is 195 Å². The number of carbonyl (C=O) groups is 3. The smallest absolute Gasteiger partial charge is 0.294 e. The van der Waals surface area contributed by atoms with E-state index in [4.69, 9.17) is 9.47 Å². The third kappa shape index (κ3) is 6.58. The molecule has 1 aliphatic heterocycles. The van der Waals surface area contributed by atoms with Gasteiger partial charge in [-0.25, -0.2) is 4.39 Å². The average Bonchev–Trinajstić information content (AvgIpc) is 3.04. The van der Waals surface area contributed by atoms with E-state index in [9.17, 15) is 18.8 Å². The van der Waals surface area contributed by atoms with E-state index in [-0.39, 0.29) is 4.91 Å². The Kier molecular flexibility index (Phi) is 8.48. The molecule has 174 valence electrons. The summed E-state index contributed by atoms with van der Waals surface area (Å²) in [5.74, 6) is -0.372. The maximum atomic E-state index is 13.0. The molecule has 1 N–H and O–H groups in total. The number of hydrogen-bond acceptors (Lipinski definition) is 6. The summed E-state index contributed by atoms with van der Waals surface area (Å²) in [5.41, 5.74) is 1.04. The number of imide groups is 1. The molecule has 0 aliphatic carbocycles. The van der Waals surface area contributed by atoms with Crippen LogP contribution in [-0.4, -0.2) is 41.7 Å². The van der Waals surface area contributed by atoms with Gasteiger partial charge in [-0.1, -0.05) is 19.4 Å². The minimum Gasteiger partial charge on any atom is -0.490 e. The second-order valence-corrected chi connectivity index (χ2v) is 8.16. The minimum absolute atomic E-state index is 0.205. The van der Waals surface area contributed by atoms with Crippen LogP contribution in [0.4, 0.5) is 14.9 Å². The van der Waals surface area contributed by atoms with Gasteiger partial charge < -0.3 is 14.8 Å². The number of amides is 3. The molecule has 2 aromatic rings. The fraction of sp³-hybridized carbons (Fsp3) is 0.292. The first kappa shape index (κ1) is 24.3. The van der Waals surface area contributed by atoms with Crippen LogP contribution in [0.2, 0.25) is 0 Å². The Bertz CT molecular complexity index is 1060. The largest absolute Gasteiger partial charge is 0.490 e. The predicted molar refractivity (Wildman–Crippen MR) is 126 cm³/mol. The van der Waals surface area contributed by atoms with Gasteiger partial charge in [0.15, 0.2) is 11.5 Å². The third-order valence-electron chi connectivity index (χ3n) is 4.62. The Morgan fingerprint density at radius 1 is 1.09 bits per heavy atom. The van der Waals surface area contributed by atoms with Crippen LogP contribution in [-0.2, 0) is 9.59 Å². The van der Waals surface area contributed by atoms with Gasteiger partial charge in [-0.3, -0.25) is 19.3 Å². The standard InChI is InChI=1S/C24H25FN2O5S/c1-3-5-12-32-19-11-6-16(13-20(19)31-4-2)14-21-23(29)27(24(30)33-21)15-22(28)26-18-9-7-17(25)8-10-18/h6-11,13-14H,3-5,12,15H2,1-2H3,(H,26,28)/b21-14-. The average molecular weight is 473 g/mol. The van der Waals surface area contributed by atoms with E-state index in [0.29, 0.717) is 36.0 Å². The highest BCUT2D eigenvalue weighted by molar-refractivity contribution is 8.18. The Morgan fingerprint density at radius 2 is 1.85 bits per heavy atom. The molecule has 33 heavy (non-hydrogen) atoms. The summed E-state index contributed by atoms with van der Waals surface area (Å²) in [7, 11) is 0. The molecule has 0 atom stereocenters. The van der Waals surface area contributed by atoms with Crippen LogP contribution in [0.25, 0.3) is 6.08 Å². The van der Waals surface area contributed by atoms with Crippen molar-refractivity contribution in [2.24, 2.45) is 0 Å². The van der Waals surface area contributed by atoms with Gasteiger partial charge in [-0.15, -0.1) is 0 Å². The van der Waals surface area contributed by atoms with Gasteiger partial charge in [0.1, 0.15) is 12.4 Å². The number of halogens is 1. The van der Waals surface area contributed by atoms with Gasteiger partial charge in [-0.2, -0.15) is 0 Å². The van der Waals surface area contributed by atoms with Crippen molar-refractivity contribution in [3.05, 3.63) is 58.8 Å². The molecule has 2 aromatic carbocycles. The van der Waals surface area contributed by atoms with Crippen molar-refractivity contribution in [1.82, 2.24) is 4.90 Å². The van der Waals surface area contributed by atoms with Crippen molar-refractivity contribution in [1.29, 1.82) is 0 Å². The second kappa shape index (κ2) is 11.5. The highest BCUT2D eigenvalue weighted by Crippen LogP contribution is 2.34. The van der Waals surface area contributed by atoms with Gasteiger partial charge in [0, 0.05) is 5.69 Å². The number of benzene rings is 2. The lowest BCUT2D eigenvalue weighted by Gasteiger charge is -2.13. The summed E-state index contributed by atoms with van der Waals surface area (Å²) in [6.45, 7) is 4.54. The van der Waals surface area contributed by atoms with E-state index >= 15 is 0 Å². The minimum atomic E-state index is -0.558. The molecule has 0 unspecified atom stereocenters. The number of unbranched alkanes of at least 4 members (excludes halogenated alkanes) is 1. The highest BCUT2D eigenvalue weighted by Gasteiger charge is 2.36. The zero-order valence-corrected chi connectivity index (χ0v) is 19.2. The van der Waals surface area contributed by atoms with Crippen LogP contribution < -0.4 is 14.8 Å². The first-order valence-electron chi connectivity index (χ1n) is 10.6. The van der Waals surface area contributed by atoms with Crippen LogP contribution >= 0.6 is 11.8 Å². The molecular formula is C24H25FN2O5S. The van der Waals surface area contributed by atoms with Crippen LogP contribution in [0.3, 0.4) is 0 Å². The molecule has 0 radical (unpaired) electrons. The number of rotatable bonds is 10. The fourth-order valence-corrected chi connectivity index (χ4v) is 3.83. The summed E-state index contributed by atoms with van der Waals surface area (Å²) < 4.78 is 24.4. The van der Waals surface area contributed by atoms with Crippen molar-refractivity contribution < 1.29 is 28.2 Å². The SMILES string of the molecule is CCCCOc1ccc(/C=C2\SC(=O)N(CC(=O)Nc3ccc(F)cc3)C2=O)cc1OCC. The quantitative estimate of drug-likeness (QED) is 0.384. The number of carbonyl (C=O) groups excluding carboxylic acids is 3. The van der Waals surface area contributed by atoms with E-state index in [1.807, 2.05) is 6.92 Å². The van der Waals surface area contributed by atoms with Crippen molar-refractivity contribution in [2.75, 3.05) is 25.1 Å². The van der Waals surface area contributed by atoms with Gasteiger partial charge in [0.2, 0.25) is 5.91 Å². The highest BCUT2D eigenvalue weighted by atomic mass is 32.2. The van der Waals surface area contributed by atoms with Crippen LogP contribution in [0.1, 0.15) is 32.3 Å². The molecule has 0 aromatic heterocycles. The summed E-state index contributed by atoms with van der Waals surface area (Å²) >= 11 is 0.764. The van der Waals surface area contributed by atoms with E-state index < -0.39 is 29.4 Å². The molecule has 9 heteroatoms. The van der Waals surface area contributed by atoms with Crippen molar-refractivity contribution >= 4 is 40.6 Å². The first-order chi connectivity index (χ1) is 15.9. The third-order valence-corrected chi connectivity index (χ3v) is 5.53. The van der Waals surface area contributed by atoms with Crippen LogP contribution in [0.5, 0.6) is 11.5 Å². The topological polar surface area (TPSA) is 84.9 Å². The molecule has 1 saturated heterocycles. The molecule has 1 heterocycles. The number of hydrogen-bond donors (Lipinski definition) is 1. The van der Waals surface area contributed by atoms with Crippen molar-refractivity contribution in [3.8, 4) is 11.5 Å². The van der Waals surface area contributed by atoms with E-state index in [1.54, 1.807) is 24.3 Å².